The van der Waals surface area contributed by atoms with Gasteiger partial charge in [-0.1, -0.05) is 12.1 Å². The minimum absolute atomic E-state index is 0.211. The number of nitrogens with two attached hydrogens (primary N) is 1. The summed E-state index contributed by atoms with van der Waals surface area (Å²) >= 11 is 0. The van der Waals surface area contributed by atoms with Crippen molar-refractivity contribution in [3.05, 3.63) is 35.1 Å². The van der Waals surface area contributed by atoms with Crippen LogP contribution >= 0.6 is 0 Å². The average Bonchev–Trinajstić information content (AvgIpc) is 2.42. The van der Waals surface area contributed by atoms with Gasteiger partial charge < -0.3 is 16.3 Å². The first-order chi connectivity index (χ1) is 9.70. The average molecular weight is 307 g/mol. The molecule has 5 nitrogen and oxygen atoms in total. The van der Waals surface area contributed by atoms with E-state index < -0.39 is 35.1 Å². The maximum absolute atomic E-state index is 13.5. The van der Waals surface area contributed by atoms with Crippen LogP contribution in [0.3, 0.4) is 0 Å². The molecule has 0 spiro atoms. The predicted octanol–water partition coefficient (Wildman–Crippen LogP) is 2.10. The molecule has 1 atom stereocenters. The minimum Gasteiger partial charge on any atom is -0.409 e. The van der Waals surface area contributed by atoms with Crippen molar-refractivity contribution in [1.82, 2.24) is 5.32 Å². The van der Waals surface area contributed by atoms with Gasteiger partial charge in [0, 0.05) is 0 Å². The van der Waals surface area contributed by atoms with Gasteiger partial charge in [-0.2, -0.15) is 13.2 Å². The molecule has 0 aliphatic heterocycles. The van der Waals surface area contributed by atoms with E-state index in [0.717, 1.165) is 0 Å². The molecule has 116 valence electrons. The third-order valence-electron chi connectivity index (χ3n) is 2.72. The highest BCUT2D eigenvalue weighted by Gasteiger charge is 2.32. The summed E-state index contributed by atoms with van der Waals surface area (Å²) in [7, 11) is 0. The number of carbonyl (C=O) groups is 1. The van der Waals surface area contributed by atoms with Crippen molar-refractivity contribution in [2.45, 2.75) is 25.6 Å². The van der Waals surface area contributed by atoms with Crippen LogP contribution in [-0.4, -0.2) is 23.0 Å². The van der Waals surface area contributed by atoms with Crippen LogP contribution in [0.15, 0.2) is 23.4 Å². The van der Waals surface area contributed by atoms with Crippen LogP contribution < -0.4 is 11.1 Å². The Labute approximate surface area is 117 Å². The summed E-state index contributed by atoms with van der Waals surface area (Å²) in [6.45, 7) is 1.59. The maximum atomic E-state index is 13.5. The first-order valence-electron chi connectivity index (χ1n) is 5.85. The van der Waals surface area contributed by atoms with Crippen molar-refractivity contribution in [2.75, 3.05) is 0 Å². The van der Waals surface area contributed by atoms with Crippen molar-refractivity contribution >= 4 is 11.7 Å². The van der Waals surface area contributed by atoms with E-state index >= 15 is 0 Å². The number of nitrogens with one attached hydrogen (secondary N) is 1. The highest BCUT2D eigenvalue weighted by atomic mass is 19.4. The van der Waals surface area contributed by atoms with E-state index in [1.807, 2.05) is 0 Å². The lowest BCUT2D eigenvalue weighted by Crippen LogP contribution is -2.44. The number of halogens is 4. The van der Waals surface area contributed by atoms with Crippen LogP contribution in [0, 0.1) is 5.82 Å². The first kappa shape index (κ1) is 16.7. The van der Waals surface area contributed by atoms with Gasteiger partial charge in [0.1, 0.15) is 5.82 Å². The fourth-order valence-corrected chi connectivity index (χ4v) is 1.57. The summed E-state index contributed by atoms with van der Waals surface area (Å²) in [5.74, 6) is -2.52. The van der Waals surface area contributed by atoms with Gasteiger partial charge in [-0.25, -0.2) is 4.39 Å². The number of amides is 1. The van der Waals surface area contributed by atoms with Gasteiger partial charge in [-0.3, -0.25) is 4.79 Å². The number of carbonyl (C=O) groups excluding carboxylic acids is 1. The molecular weight excluding hydrogens is 294 g/mol. The Morgan fingerprint density at radius 3 is 2.57 bits per heavy atom. The Bertz CT molecular complexity index is 558. The Morgan fingerprint density at radius 1 is 1.48 bits per heavy atom. The molecule has 21 heavy (non-hydrogen) atoms. The molecule has 0 heterocycles. The normalized spacial score (nSPS) is 13.9. The Hall–Kier alpha value is -2.32. The fourth-order valence-electron chi connectivity index (χ4n) is 1.57. The molecule has 0 fully saturated rings. The van der Waals surface area contributed by atoms with Crippen LogP contribution in [0.5, 0.6) is 0 Å². The topological polar surface area (TPSA) is 87.7 Å². The number of hydrogen-bond donors (Lipinski definition) is 3. The summed E-state index contributed by atoms with van der Waals surface area (Å²) in [5, 5.41) is 13.4. The lowest BCUT2D eigenvalue weighted by molar-refractivity contribution is -0.137. The smallest absolute Gasteiger partial charge is 0.409 e. The van der Waals surface area contributed by atoms with E-state index in [-0.39, 0.29) is 12.3 Å². The van der Waals surface area contributed by atoms with Crippen molar-refractivity contribution in [3.63, 3.8) is 0 Å². The minimum atomic E-state index is -4.70. The van der Waals surface area contributed by atoms with Gasteiger partial charge in [0.2, 0.25) is 0 Å². The summed E-state index contributed by atoms with van der Waals surface area (Å²) in [6, 6.07) is 0.579. The predicted molar refractivity (Wildman–Crippen MR) is 66.4 cm³/mol. The fraction of sp³-hybridized carbons (Fsp3) is 0.333. The van der Waals surface area contributed by atoms with Crippen LogP contribution in [0.4, 0.5) is 17.6 Å². The molecule has 9 heteroatoms. The van der Waals surface area contributed by atoms with Gasteiger partial charge in [0.05, 0.1) is 17.2 Å². The maximum Gasteiger partial charge on any atom is 0.416 e. The largest absolute Gasteiger partial charge is 0.416 e. The SMILES string of the molecule is CCC(NC(=O)c1cc(C(F)(F)F)ccc1F)/C(N)=N/O. The van der Waals surface area contributed by atoms with Gasteiger partial charge in [-0.15, -0.1) is 0 Å². The van der Waals surface area contributed by atoms with E-state index in [1.54, 1.807) is 6.92 Å². The van der Waals surface area contributed by atoms with E-state index in [4.69, 9.17) is 10.9 Å². The zero-order valence-electron chi connectivity index (χ0n) is 10.9. The lowest BCUT2D eigenvalue weighted by atomic mass is 10.1. The Balaban J connectivity index is 3.07. The van der Waals surface area contributed by atoms with E-state index in [1.165, 1.54) is 0 Å². The number of alkyl halides is 3. The molecule has 0 aromatic heterocycles. The highest BCUT2D eigenvalue weighted by molar-refractivity contribution is 5.98. The molecule has 1 amide bonds. The van der Waals surface area contributed by atoms with E-state index in [0.29, 0.717) is 18.2 Å². The molecule has 0 saturated heterocycles. The Morgan fingerprint density at radius 2 is 2.10 bits per heavy atom. The number of benzene rings is 1. The zero-order chi connectivity index (χ0) is 16.2. The van der Waals surface area contributed by atoms with Gasteiger partial charge >= 0.3 is 6.18 Å². The number of hydrogen-bond acceptors (Lipinski definition) is 3. The molecule has 0 radical (unpaired) electrons. The molecule has 1 unspecified atom stereocenters. The van der Waals surface area contributed by atoms with Gasteiger partial charge in [0.25, 0.3) is 5.91 Å². The molecular formula is C12H13F4N3O2. The van der Waals surface area contributed by atoms with Crippen molar-refractivity contribution in [1.29, 1.82) is 0 Å². The molecule has 0 aliphatic rings. The molecule has 0 bridgehead atoms. The summed E-state index contributed by atoms with van der Waals surface area (Å²) in [6.07, 6.45) is -4.49. The van der Waals surface area contributed by atoms with Crippen LogP contribution in [0.25, 0.3) is 0 Å². The Kier molecular flexibility index (Phi) is 5.12. The highest BCUT2D eigenvalue weighted by Crippen LogP contribution is 2.30. The lowest BCUT2D eigenvalue weighted by Gasteiger charge is -2.16. The molecule has 0 saturated carbocycles. The standard InChI is InChI=1S/C12H13F4N3O2/c1-2-9(10(17)19-21)18-11(20)7-5-6(12(14,15)16)3-4-8(7)13/h3-5,9,21H,2H2,1H3,(H2,17,19)(H,18,20). The second kappa shape index (κ2) is 6.42. The third kappa shape index (κ3) is 4.07. The number of rotatable bonds is 4. The van der Waals surface area contributed by atoms with Crippen molar-refractivity contribution < 1.29 is 27.6 Å². The zero-order valence-corrected chi connectivity index (χ0v) is 10.9. The second-order valence-electron chi connectivity index (χ2n) is 4.15. The van der Waals surface area contributed by atoms with Crippen molar-refractivity contribution in [2.24, 2.45) is 10.9 Å². The summed E-state index contributed by atoms with van der Waals surface area (Å²) < 4.78 is 51.2. The van der Waals surface area contributed by atoms with E-state index in [9.17, 15) is 22.4 Å². The van der Waals surface area contributed by atoms with Gasteiger partial charge in [0.15, 0.2) is 5.84 Å². The molecule has 4 N–H and O–H groups in total. The van der Waals surface area contributed by atoms with Gasteiger partial charge in [-0.05, 0) is 24.6 Å². The molecule has 1 rings (SSSR count). The number of amidine groups is 1. The molecule has 1 aromatic rings. The van der Waals surface area contributed by atoms with Crippen molar-refractivity contribution in [3.8, 4) is 0 Å². The summed E-state index contributed by atoms with van der Waals surface area (Å²) in [4.78, 5) is 11.8. The number of nitrogens with zero attached hydrogens (tertiary/aromatic N) is 1. The first-order valence-corrected chi connectivity index (χ1v) is 5.85. The molecule has 1 aromatic carbocycles. The van der Waals surface area contributed by atoms with Crippen LogP contribution in [-0.2, 0) is 6.18 Å². The number of oxime groups is 1. The van der Waals surface area contributed by atoms with E-state index in [2.05, 4.69) is 10.5 Å². The quantitative estimate of drug-likeness (QED) is 0.262. The third-order valence-corrected chi connectivity index (χ3v) is 2.72. The van der Waals surface area contributed by atoms with Crippen LogP contribution in [0.1, 0.15) is 29.3 Å². The van der Waals surface area contributed by atoms with Crippen LogP contribution in [0.2, 0.25) is 0 Å². The molecule has 0 aliphatic carbocycles. The monoisotopic (exact) mass is 307 g/mol. The second-order valence-corrected chi connectivity index (χ2v) is 4.15. The summed E-state index contributed by atoms with van der Waals surface area (Å²) in [5.41, 5.74) is 3.39.